The lowest BCUT2D eigenvalue weighted by Gasteiger charge is -2.36. The maximum atomic E-state index is 13.2. The first kappa shape index (κ1) is 19.8. The number of aromatic amines is 1. The summed E-state index contributed by atoms with van der Waals surface area (Å²) < 4.78 is 1.60. The molecule has 0 bridgehead atoms. The van der Waals surface area contributed by atoms with Crippen molar-refractivity contribution in [3.63, 3.8) is 0 Å². The molecule has 1 amide bonds. The largest absolute Gasteiger partial charge is 0.334 e. The Hall–Kier alpha value is -2.15. The van der Waals surface area contributed by atoms with Gasteiger partial charge in [-0.15, -0.1) is 0 Å². The van der Waals surface area contributed by atoms with Crippen molar-refractivity contribution in [3.05, 3.63) is 33.4 Å². The predicted molar refractivity (Wildman–Crippen MR) is 115 cm³/mol. The molecule has 0 spiro atoms. The first-order valence-corrected chi connectivity index (χ1v) is 11.7. The van der Waals surface area contributed by atoms with Gasteiger partial charge in [0.1, 0.15) is 0 Å². The number of carbonyl (C=O) groups excluding carboxylic acids is 1. The number of aromatic nitrogens is 3. The Balaban J connectivity index is 1.49. The summed E-state index contributed by atoms with van der Waals surface area (Å²) in [6.07, 6.45) is 8.24. The van der Waals surface area contributed by atoms with E-state index in [-0.39, 0.29) is 17.5 Å². The fourth-order valence-corrected chi connectivity index (χ4v) is 5.57. The van der Waals surface area contributed by atoms with Crippen molar-refractivity contribution in [1.29, 1.82) is 0 Å². The summed E-state index contributed by atoms with van der Waals surface area (Å²) >= 11 is 0. The fourth-order valence-electron chi connectivity index (χ4n) is 5.57. The van der Waals surface area contributed by atoms with Crippen LogP contribution in [0.1, 0.15) is 81.8 Å². The van der Waals surface area contributed by atoms with Gasteiger partial charge in [0, 0.05) is 43.2 Å². The number of piperidine rings is 1. The second kappa shape index (κ2) is 7.84. The number of carbonyl (C=O) groups is 1. The number of hydrogen-bond acceptors (Lipinski definition) is 4. The number of nitrogens with zero attached hydrogens (tertiary/aromatic N) is 4. The van der Waals surface area contributed by atoms with Crippen LogP contribution >= 0.6 is 0 Å². The first-order valence-electron chi connectivity index (χ1n) is 11.7. The monoisotopic (exact) mass is 411 g/mol. The zero-order chi connectivity index (χ0) is 20.8. The lowest BCUT2D eigenvalue weighted by Crippen LogP contribution is -2.41. The molecular formula is C23H33N5O2. The van der Waals surface area contributed by atoms with Crippen molar-refractivity contribution in [3.8, 4) is 0 Å². The SMILES string of the molecule is CC(C)N1CCc2c(nc3cc([C@@H]4CCCCN4C(=O)C4CCCC4)[nH]n3c2=O)C1. The van der Waals surface area contributed by atoms with Gasteiger partial charge in [0.2, 0.25) is 5.91 Å². The molecule has 0 unspecified atom stereocenters. The minimum Gasteiger partial charge on any atom is -0.334 e. The Morgan fingerprint density at radius 1 is 1.13 bits per heavy atom. The summed E-state index contributed by atoms with van der Waals surface area (Å²) in [6, 6.07) is 2.47. The van der Waals surface area contributed by atoms with E-state index in [1.165, 1.54) is 12.8 Å². The molecule has 1 N–H and O–H groups in total. The van der Waals surface area contributed by atoms with Crippen LogP contribution in [-0.2, 0) is 17.8 Å². The van der Waals surface area contributed by atoms with E-state index >= 15 is 0 Å². The van der Waals surface area contributed by atoms with Gasteiger partial charge in [-0.3, -0.25) is 19.6 Å². The summed E-state index contributed by atoms with van der Waals surface area (Å²) in [5.41, 5.74) is 3.40. The molecule has 30 heavy (non-hydrogen) atoms. The van der Waals surface area contributed by atoms with E-state index in [2.05, 4.69) is 28.7 Å². The Bertz CT molecular complexity index is 1000. The molecule has 5 rings (SSSR count). The third-order valence-electron chi connectivity index (χ3n) is 7.40. The molecule has 0 radical (unpaired) electrons. The van der Waals surface area contributed by atoms with Crippen molar-refractivity contribution in [2.75, 3.05) is 13.1 Å². The third-order valence-corrected chi connectivity index (χ3v) is 7.40. The molecule has 2 aromatic rings. The number of likely N-dealkylation sites (tertiary alicyclic amines) is 1. The molecule has 2 aliphatic heterocycles. The van der Waals surface area contributed by atoms with Crippen LogP contribution in [-0.4, -0.2) is 49.4 Å². The van der Waals surface area contributed by atoms with E-state index in [1.807, 2.05) is 6.07 Å². The predicted octanol–water partition coefficient (Wildman–Crippen LogP) is 3.03. The van der Waals surface area contributed by atoms with E-state index < -0.39 is 0 Å². The van der Waals surface area contributed by atoms with Gasteiger partial charge in [0.05, 0.1) is 17.4 Å². The Kier molecular flexibility index (Phi) is 5.17. The van der Waals surface area contributed by atoms with Crippen LogP contribution in [0.25, 0.3) is 5.65 Å². The number of hydrogen-bond donors (Lipinski definition) is 1. The van der Waals surface area contributed by atoms with E-state index in [1.54, 1.807) is 4.52 Å². The minimum absolute atomic E-state index is 0.0223. The van der Waals surface area contributed by atoms with Crippen LogP contribution in [0.15, 0.2) is 10.9 Å². The number of amides is 1. The van der Waals surface area contributed by atoms with Crippen molar-refractivity contribution < 1.29 is 4.79 Å². The molecule has 1 aliphatic carbocycles. The highest BCUT2D eigenvalue weighted by molar-refractivity contribution is 5.79. The quantitative estimate of drug-likeness (QED) is 0.843. The molecule has 4 heterocycles. The first-order chi connectivity index (χ1) is 14.5. The van der Waals surface area contributed by atoms with Gasteiger partial charge >= 0.3 is 0 Å². The van der Waals surface area contributed by atoms with Crippen molar-refractivity contribution in [2.45, 2.75) is 83.8 Å². The van der Waals surface area contributed by atoms with Gasteiger partial charge in [0.25, 0.3) is 5.56 Å². The molecule has 162 valence electrons. The zero-order valence-electron chi connectivity index (χ0n) is 18.2. The number of rotatable bonds is 3. The third kappa shape index (κ3) is 3.37. The minimum atomic E-state index is 0.0223. The van der Waals surface area contributed by atoms with E-state index in [0.29, 0.717) is 17.6 Å². The highest BCUT2D eigenvalue weighted by Gasteiger charge is 2.35. The number of fused-ring (bicyclic) bond motifs is 2. The molecule has 1 saturated carbocycles. The highest BCUT2D eigenvalue weighted by Crippen LogP contribution is 2.35. The Morgan fingerprint density at radius 2 is 1.90 bits per heavy atom. The molecule has 7 nitrogen and oxygen atoms in total. The summed E-state index contributed by atoms with van der Waals surface area (Å²) in [5.74, 6) is 0.494. The van der Waals surface area contributed by atoms with Crippen molar-refractivity contribution in [1.82, 2.24) is 24.4 Å². The van der Waals surface area contributed by atoms with Gasteiger partial charge in [-0.1, -0.05) is 12.8 Å². The van der Waals surface area contributed by atoms with E-state index in [0.717, 1.165) is 75.1 Å². The number of nitrogens with one attached hydrogen (secondary N) is 1. The molecule has 2 aromatic heterocycles. The van der Waals surface area contributed by atoms with Gasteiger partial charge < -0.3 is 4.90 Å². The van der Waals surface area contributed by atoms with Gasteiger partial charge in [0.15, 0.2) is 5.65 Å². The lowest BCUT2D eigenvalue weighted by molar-refractivity contribution is -0.139. The maximum absolute atomic E-state index is 13.2. The summed E-state index contributed by atoms with van der Waals surface area (Å²) in [5, 5.41) is 3.33. The molecule has 3 aliphatic rings. The molecule has 7 heteroatoms. The second-order valence-electron chi connectivity index (χ2n) is 9.59. The van der Waals surface area contributed by atoms with Crippen LogP contribution in [0.5, 0.6) is 0 Å². The van der Waals surface area contributed by atoms with Crippen LogP contribution in [0.3, 0.4) is 0 Å². The van der Waals surface area contributed by atoms with Gasteiger partial charge in [-0.2, -0.15) is 0 Å². The summed E-state index contributed by atoms with van der Waals surface area (Å²) in [4.78, 5) is 35.7. The maximum Gasteiger partial charge on any atom is 0.276 e. The van der Waals surface area contributed by atoms with Crippen molar-refractivity contribution >= 4 is 11.6 Å². The van der Waals surface area contributed by atoms with Gasteiger partial charge in [-0.05, 0) is 52.4 Å². The zero-order valence-corrected chi connectivity index (χ0v) is 18.2. The van der Waals surface area contributed by atoms with Crippen LogP contribution in [0.2, 0.25) is 0 Å². The Labute approximate surface area is 177 Å². The van der Waals surface area contributed by atoms with Crippen LogP contribution < -0.4 is 5.56 Å². The second-order valence-corrected chi connectivity index (χ2v) is 9.59. The molecule has 2 fully saturated rings. The summed E-state index contributed by atoms with van der Waals surface area (Å²) in [6.45, 7) is 6.81. The standard InChI is InChI=1S/C23H33N5O2/c1-15(2)26-12-10-17-19(14-26)24-21-13-18(25-28(21)23(17)30)20-9-5-6-11-27(20)22(29)16-7-3-4-8-16/h13,15-16,20,25H,3-12,14H2,1-2H3/t20-/m0/s1. The van der Waals surface area contributed by atoms with Crippen LogP contribution in [0, 0.1) is 5.92 Å². The van der Waals surface area contributed by atoms with E-state index in [9.17, 15) is 9.59 Å². The van der Waals surface area contributed by atoms with Crippen molar-refractivity contribution in [2.24, 2.45) is 5.92 Å². The smallest absolute Gasteiger partial charge is 0.276 e. The summed E-state index contributed by atoms with van der Waals surface area (Å²) in [7, 11) is 0. The lowest BCUT2D eigenvalue weighted by atomic mass is 9.96. The Morgan fingerprint density at radius 3 is 2.67 bits per heavy atom. The van der Waals surface area contributed by atoms with E-state index in [4.69, 9.17) is 4.98 Å². The van der Waals surface area contributed by atoms with Crippen LogP contribution in [0.4, 0.5) is 0 Å². The highest BCUT2D eigenvalue weighted by atomic mass is 16.2. The average molecular weight is 412 g/mol. The molecule has 1 saturated heterocycles. The molecule has 0 aromatic carbocycles. The number of H-pyrrole nitrogens is 1. The fraction of sp³-hybridized carbons (Fsp3) is 0.696. The topological polar surface area (TPSA) is 73.7 Å². The van der Waals surface area contributed by atoms with Gasteiger partial charge in [-0.25, -0.2) is 9.50 Å². The molecule has 1 atom stereocenters. The normalized spacial score (nSPS) is 23.4. The molecular weight excluding hydrogens is 378 g/mol. The average Bonchev–Trinajstić information content (AvgIpc) is 3.43.